The molecule has 0 aliphatic heterocycles. The van der Waals surface area contributed by atoms with E-state index in [1.807, 2.05) is 0 Å². The van der Waals surface area contributed by atoms with Crippen LogP contribution in [-0.2, 0) is 0 Å². The van der Waals surface area contributed by atoms with Crippen molar-refractivity contribution in [1.29, 1.82) is 0 Å². The Morgan fingerprint density at radius 2 is 1.95 bits per heavy atom. The summed E-state index contributed by atoms with van der Waals surface area (Å²) in [6.45, 7) is 0.462. The average molecular weight is 267 g/mol. The second kappa shape index (κ2) is 6.19. The second-order valence-electron chi connectivity index (χ2n) is 3.57. The Morgan fingerprint density at radius 3 is 2.47 bits per heavy atom. The fraction of sp³-hybridized carbons (Fsp3) is 0.200. The van der Waals surface area contributed by atoms with E-state index in [2.05, 4.69) is 10.6 Å². The molecule has 0 saturated heterocycles. The second-order valence-corrected chi connectivity index (χ2v) is 3.57. The first-order valence-corrected chi connectivity index (χ1v) is 5.27. The van der Waals surface area contributed by atoms with E-state index in [9.17, 15) is 19.7 Å². The first kappa shape index (κ1) is 14.2. The Labute approximate surface area is 108 Å². The Hall–Kier alpha value is -2.84. The summed E-state index contributed by atoms with van der Waals surface area (Å²) >= 11 is 0. The lowest BCUT2D eigenvalue weighted by atomic mass is 10.1. The Morgan fingerprint density at radius 1 is 1.26 bits per heavy atom. The predicted octanol–water partition coefficient (Wildman–Crippen LogP) is -0.226. The first-order chi connectivity index (χ1) is 8.91. The van der Waals surface area contributed by atoms with Crippen LogP contribution in [0.15, 0.2) is 18.2 Å². The Balaban J connectivity index is 2.79. The van der Waals surface area contributed by atoms with Crippen LogP contribution in [0.4, 0.5) is 16.2 Å². The summed E-state index contributed by atoms with van der Waals surface area (Å²) in [7, 11) is 0. The molecular formula is C10H13N5O4. The van der Waals surface area contributed by atoms with Gasteiger partial charge in [-0.05, 0) is 12.1 Å². The lowest BCUT2D eigenvalue weighted by molar-refractivity contribution is -0.384. The van der Waals surface area contributed by atoms with Gasteiger partial charge in [-0.3, -0.25) is 14.9 Å². The summed E-state index contributed by atoms with van der Waals surface area (Å²) < 4.78 is 0. The Kier molecular flexibility index (Phi) is 4.63. The van der Waals surface area contributed by atoms with Crippen LogP contribution in [0.3, 0.4) is 0 Å². The monoisotopic (exact) mass is 267 g/mol. The van der Waals surface area contributed by atoms with E-state index in [1.54, 1.807) is 0 Å². The highest BCUT2D eigenvalue weighted by atomic mass is 16.6. The average Bonchev–Trinajstić information content (AvgIpc) is 2.34. The van der Waals surface area contributed by atoms with Crippen LogP contribution in [-0.4, -0.2) is 30.0 Å². The van der Waals surface area contributed by atoms with Gasteiger partial charge < -0.3 is 22.1 Å². The molecule has 0 atom stereocenters. The van der Waals surface area contributed by atoms with Crippen molar-refractivity contribution in [3.05, 3.63) is 33.9 Å². The number of carbonyl (C=O) groups excluding carboxylic acids is 2. The zero-order valence-electron chi connectivity index (χ0n) is 9.88. The van der Waals surface area contributed by atoms with Gasteiger partial charge in [0.05, 0.1) is 4.92 Å². The highest BCUT2D eigenvalue weighted by Crippen LogP contribution is 2.25. The highest BCUT2D eigenvalue weighted by Gasteiger charge is 2.16. The number of anilines is 1. The largest absolute Gasteiger partial charge is 0.378 e. The number of rotatable bonds is 6. The van der Waals surface area contributed by atoms with E-state index in [-0.39, 0.29) is 30.0 Å². The quantitative estimate of drug-likeness (QED) is 0.318. The fourth-order valence-electron chi connectivity index (χ4n) is 1.37. The summed E-state index contributed by atoms with van der Waals surface area (Å²) in [5.74, 6) is -0.745. The minimum absolute atomic E-state index is 0.0486. The number of nitro groups is 1. The maximum absolute atomic E-state index is 10.9. The number of nitrogens with zero attached hydrogens (tertiary/aromatic N) is 1. The van der Waals surface area contributed by atoms with E-state index < -0.39 is 16.9 Å². The van der Waals surface area contributed by atoms with Crippen LogP contribution in [0.1, 0.15) is 10.4 Å². The molecule has 0 aliphatic rings. The van der Waals surface area contributed by atoms with Crippen LogP contribution in [0, 0.1) is 10.1 Å². The van der Waals surface area contributed by atoms with Gasteiger partial charge in [-0.2, -0.15) is 0 Å². The van der Waals surface area contributed by atoms with Gasteiger partial charge in [-0.1, -0.05) is 0 Å². The van der Waals surface area contributed by atoms with Gasteiger partial charge in [0.1, 0.15) is 5.69 Å². The summed E-state index contributed by atoms with van der Waals surface area (Å²) in [6.07, 6.45) is 0. The van der Waals surface area contributed by atoms with E-state index in [1.165, 1.54) is 12.1 Å². The number of nitrogens with one attached hydrogen (secondary N) is 2. The molecule has 0 radical (unpaired) electrons. The number of nitro benzene ring substituents is 1. The zero-order chi connectivity index (χ0) is 14.4. The van der Waals surface area contributed by atoms with Gasteiger partial charge in [-0.25, -0.2) is 4.79 Å². The molecule has 0 saturated carbocycles. The number of hydrogen-bond donors (Lipinski definition) is 4. The molecule has 0 aromatic heterocycles. The number of benzene rings is 1. The molecule has 0 unspecified atom stereocenters. The lowest BCUT2D eigenvalue weighted by Gasteiger charge is -2.08. The van der Waals surface area contributed by atoms with Crippen molar-refractivity contribution >= 4 is 23.3 Å². The van der Waals surface area contributed by atoms with Crippen molar-refractivity contribution in [3.63, 3.8) is 0 Å². The van der Waals surface area contributed by atoms with E-state index in [4.69, 9.17) is 11.5 Å². The van der Waals surface area contributed by atoms with Crippen molar-refractivity contribution in [1.82, 2.24) is 5.32 Å². The predicted molar refractivity (Wildman–Crippen MR) is 67.7 cm³/mol. The van der Waals surface area contributed by atoms with Crippen LogP contribution < -0.4 is 22.1 Å². The molecular weight excluding hydrogens is 254 g/mol. The molecule has 0 fully saturated rings. The van der Waals surface area contributed by atoms with Crippen molar-refractivity contribution in [2.45, 2.75) is 0 Å². The molecule has 3 amide bonds. The van der Waals surface area contributed by atoms with Crippen LogP contribution in [0.2, 0.25) is 0 Å². The van der Waals surface area contributed by atoms with Gasteiger partial charge in [0.25, 0.3) is 5.69 Å². The number of amides is 3. The maximum atomic E-state index is 10.9. The molecule has 9 heteroatoms. The molecule has 0 bridgehead atoms. The van der Waals surface area contributed by atoms with Crippen molar-refractivity contribution in [2.75, 3.05) is 18.4 Å². The maximum Gasteiger partial charge on any atom is 0.312 e. The highest BCUT2D eigenvalue weighted by molar-refractivity contribution is 5.94. The number of primary amides is 2. The normalized spacial score (nSPS) is 9.68. The van der Waals surface area contributed by atoms with E-state index in [0.29, 0.717) is 0 Å². The molecule has 19 heavy (non-hydrogen) atoms. The molecule has 102 valence electrons. The number of carbonyl (C=O) groups is 2. The lowest BCUT2D eigenvalue weighted by Crippen LogP contribution is -2.33. The van der Waals surface area contributed by atoms with Gasteiger partial charge >= 0.3 is 6.03 Å². The Bertz CT molecular complexity index is 517. The molecule has 0 spiro atoms. The minimum atomic E-state index is -0.745. The number of hydrogen-bond acceptors (Lipinski definition) is 5. The molecule has 0 aliphatic carbocycles. The smallest absolute Gasteiger partial charge is 0.312 e. The van der Waals surface area contributed by atoms with Gasteiger partial charge in [-0.15, -0.1) is 0 Å². The fourth-order valence-corrected chi connectivity index (χ4v) is 1.37. The third-order valence-electron chi connectivity index (χ3n) is 2.22. The molecule has 0 heterocycles. The summed E-state index contributed by atoms with van der Waals surface area (Å²) in [4.78, 5) is 31.6. The molecule has 6 N–H and O–H groups in total. The first-order valence-electron chi connectivity index (χ1n) is 5.27. The topological polar surface area (TPSA) is 153 Å². The van der Waals surface area contributed by atoms with Crippen LogP contribution in [0.5, 0.6) is 0 Å². The summed E-state index contributed by atoms with van der Waals surface area (Å²) in [5.41, 5.74) is 9.91. The van der Waals surface area contributed by atoms with E-state index >= 15 is 0 Å². The number of urea groups is 1. The number of nitrogens with two attached hydrogens (primary N) is 2. The van der Waals surface area contributed by atoms with Crippen molar-refractivity contribution < 1.29 is 14.5 Å². The van der Waals surface area contributed by atoms with Gasteiger partial charge in [0.15, 0.2) is 0 Å². The zero-order valence-corrected chi connectivity index (χ0v) is 9.88. The SMILES string of the molecule is NC(=O)NCCNc1ccc(C(N)=O)cc1[N+](=O)[O-]. The minimum Gasteiger partial charge on any atom is -0.378 e. The summed E-state index contributed by atoms with van der Waals surface area (Å²) in [6, 6.07) is 3.16. The third kappa shape index (κ3) is 4.15. The summed E-state index contributed by atoms with van der Waals surface area (Å²) in [5, 5.41) is 15.9. The molecule has 1 rings (SSSR count). The standard InChI is InChI=1S/C10H13N5O4/c11-9(16)6-1-2-7(8(5-6)15(18)19)13-3-4-14-10(12)17/h1-2,5,13H,3-4H2,(H2,11,16)(H3,12,14,17). The van der Waals surface area contributed by atoms with Gasteiger partial charge in [0.2, 0.25) is 5.91 Å². The molecule has 9 nitrogen and oxygen atoms in total. The molecule has 1 aromatic rings. The van der Waals surface area contributed by atoms with Crippen molar-refractivity contribution in [3.8, 4) is 0 Å². The van der Waals surface area contributed by atoms with Crippen LogP contribution in [0.25, 0.3) is 0 Å². The van der Waals surface area contributed by atoms with E-state index in [0.717, 1.165) is 6.07 Å². The molecule has 1 aromatic carbocycles. The third-order valence-corrected chi connectivity index (χ3v) is 2.22. The van der Waals surface area contributed by atoms with Gasteiger partial charge in [0, 0.05) is 24.7 Å². The van der Waals surface area contributed by atoms with Crippen molar-refractivity contribution in [2.24, 2.45) is 11.5 Å². The van der Waals surface area contributed by atoms with Crippen LogP contribution >= 0.6 is 0 Å².